The van der Waals surface area contributed by atoms with Crippen LogP contribution in [0.4, 0.5) is 5.82 Å². The molecule has 1 aliphatic heterocycles. The molecule has 154 valence electrons. The number of halogens is 4. The standard InChI is InChI=1S/C20H14Br2Cl2N4O2/c21-13-3-1-2-11(6-13)17-8-18(30-27-17)20(29)25-19-15(22)10-28(26-19)9-12-4-5-14(23)7-16(12)24/h1-7,10,18H,8-9H2,(H,25,26,29). The molecule has 0 fully saturated rings. The summed E-state index contributed by atoms with van der Waals surface area (Å²) in [4.78, 5) is 18.0. The summed E-state index contributed by atoms with van der Waals surface area (Å²) < 4.78 is 3.26. The molecule has 2 heterocycles. The second kappa shape index (κ2) is 9.09. The largest absolute Gasteiger partial charge is 0.382 e. The first-order valence-electron chi connectivity index (χ1n) is 8.85. The van der Waals surface area contributed by atoms with Crippen LogP contribution in [0.2, 0.25) is 10.0 Å². The number of carbonyl (C=O) groups is 1. The summed E-state index contributed by atoms with van der Waals surface area (Å²) in [7, 11) is 0. The van der Waals surface area contributed by atoms with E-state index >= 15 is 0 Å². The van der Waals surface area contributed by atoms with Crippen molar-refractivity contribution >= 4 is 72.5 Å². The van der Waals surface area contributed by atoms with Gasteiger partial charge in [0.15, 0.2) is 5.82 Å². The van der Waals surface area contributed by atoms with Crippen molar-refractivity contribution in [1.82, 2.24) is 9.78 Å². The fraction of sp³-hybridized carbons (Fsp3) is 0.150. The number of nitrogens with zero attached hydrogens (tertiary/aromatic N) is 3. The second-order valence-corrected chi connectivity index (χ2v) is 9.21. The van der Waals surface area contributed by atoms with Gasteiger partial charge < -0.3 is 10.2 Å². The maximum absolute atomic E-state index is 12.6. The fourth-order valence-corrected chi connectivity index (χ4v) is 4.22. The zero-order valence-corrected chi connectivity index (χ0v) is 20.0. The molecule has 1 aliphatic rings. The monoisotopic (exact) mass is 570 g/mol. The van der Waals surface area contributed by atoms with Gasteiger partial charge >= 0.3 is 0 Å². The summed E-state index contributed by atoms with van der Waals surface area (Å²) in [5, 5.41) is 12.4. The van der Waals surface area contributed by atoms with Gasteiger partial charge in [-0.25, -0.2) is 0 Å². The average molecular weight is 573 g/mol. The number of nitrogens with one attached hydrogen (secondary N) is 1. The van der Waals surface area contributed by atoms with Crippen LogP contribution >= 0.6 is 55.1 Å². The van der Waals surface area contributed by atoms with E-state index in [0.29, 0.717) is 33.3 Å². The van der Waals surface area contributed by atoms with Gasteiger partial charge in [-0.15, -0.1) is 0 Å². The van der Waals surface area contributed by atoms with Crippen LogP contribution in [0.15, 0.2) is 62.8 Å². The minimum absolute atomic E-state index is 0.320. The number of anilines is 1. The van der Waals surface area contributed by atoms with Crippen molar-refractivity contribution in [2.75, 3.05) is 5.32 Å². The molecular formula is C20H14Br2Cl2N4O2. The Balaban J connectivity index is 1.41. The third kappa shape index (κ3) is 4.88. The third-order valence-electron chi connectivity index (χ3n) is 4.43. The van der Waals surface area contributed by atoms with Crippen LogP contribution < -0.4 is 5.32 Å². The van der Waals surface area contributed by atoms with E-state index in [-0.39, 0.29) is 5.91 Å². The van der Waals surface area contributed by atoms with Gasteiger partial charge in [-0.05, 0) is 45.8 Å². The minimum atomic E-state index is -0.721. The first-order valence-corrected chi connectivity index (χ1v) is 11.2. The molecule has 4 rings (SSSR count). The van der Waals surface area contributed by atoms with Crippen molar-refractivity contribution in [3.8, 4) is 0 Å². The van der Waals surface area contributed by atoms with E-state index < -0.39 is 6.10 Å². The van der Waals surface area contributed by atoms with Gasteiger partial charge in [-0.1, -0.05) is 62.5 Å². The molecule has 1 aromatic heterocycles. The maximum atomic E-state index is 12.6. The quantitative estimate of drug-likeness (QED) is 0.414. The first kappa shape index (κ1) is 21.4. The van der Waals surface area contributed by atoms with Gasteiger partial charge in [-0.2, -0.15) is 5.10 Å². The van der Waals surface area contributed by atoms with Crippen LogP contribution in [0, 0.1) is 0 Å². The molecule has 1 amide bonds. The summed E-state index contributed by atoms with van der Waals surface area (Å²) in [6.45, 7) is 0.431. The average Bonchev–Trinajstić information content (AvgIpc) is 3.32. The number of hydrogen-bond acceptors (Lipinski definition) is 4. The molecule has 0 aliphatic carbocycles. The van der Waals surface area contributed by atoms with Crippen LogP contribution in [0.3, 0.4) is 0 Å². The summed E-state index contributed by atoms with van der Waals surface area (Å²) in [6.07, 6.45) is 1.42. The molecule has 0 saturated carbocycles. The third-order valence-corrected chi connectivity index (χ3v) is 6.09. The van der Waals surface area contributed by atoms with Gasteiger partial charge in [0, 0.05) is 32.7 Å². The van der Waals surface area contributed by atoms with Crippen molar-refractivity contribution in [1.29, 1.82) is 0 Å². The van der Waals surface area contributed by atoms with E-state index in [1.165, 1.54) is 0 Å². The molecule has 3 aromatic rings. The van der Waals surface area contributed by atoms with Crippen molar-refractivity contribution in [3.63, 3.8) is 0 Å². The lowest BCUT2D eigenvalue weighted by atomic mass is 10.0. The van der Waals surface area contributed by atoms with Crippen LogP contribution in [0.5, 0.6) is 0 Å². The highest BCUT2D eigenvalue weighted by Gasteiger charge is 2.30. The van der Waals surface area contributed by atoms with Crippen molar-refractivity contribution < 1.29 is 9.63 Å². The highest BCUT2D eigenvalue weighted by molar-refractivity contribution is 9.10. The molecule has 10 heteroatoms. The predicted molar refractivity (Wildman–Crippen MR) is 124 cm³/mol. The second-order valence-electron chi connectivity index (χ2n) is 6.59. The highest BCUT2D eigenvalue weighted by atomic mass is 79.9. The Morgan fingerprint density at radius 3 is 2.83 bits per heavy atom. The van der Waals surface area contributed by atoms with Crippen LogP contribution in [-0.4, -0.2) is 27.5 Å². The Morgan fingerprint density at radius 1 is 1.23 bits per heavy atom. The normalized spacial score (nSPS) is 15.6. The number of benzene rings is 2. The molecule has 6 nitrogen and oxygen atoms in total. The Labute approximate surface area is 199 Å². The molecule has 0 saturated heterocycles. The molecule has 1 unspecified atom stereocenters. The molecule has 2 aromatic carbocycles. The number of carbonyl (C=O) groups excluding carboxylic acids is 1. The van der Waals surface area contributed by atoms with Gasteiger partial charge in [0.25, 0.3) is 5.91 Å². The lowest BCUT2D eigenvalue weighted by Gasteiger charge is -2.08. The van der Waals surface area contributed by atoms with Crippen LogP contribution in [0.1, 0.15) is 17.5 Å². The molecule has 0 bridgehead atoms. The van der Waals surface area contributed by atoms with Crippen molar-refractivity contribution in [2.24, 2.45) is 5.16 Å². The number of amides is 1. The van der Waals surface area contributed by atoms with E-state index in [1.807, 2.05) is 30.3 Å². The Kier molecular flexibility index (Phi) is 6.48. The van der Waals surface area contributed by atoms with E-state index in [2.05, 4.69) is 47.4 Å². The van der Waals surface area contributed by atoms with E-state index in [0.717, 1.165) is 21.3 Å². The molecule has 1 atom stereocenters. The zero-order chi connectivity index (χ0) is 21.3. The molecular weight excluding hydrogens is 559 g/mol. The molecule has 1 N–H and O–H groups in total. The summed E-state index contributed by atoms with van der Waals surface area (Å²) in [5.41, 5.74) is 2.49. The predicted octanol–water partition coefficient (Wildman–Crippen LogP) is 5.89. The Morgan fingerprint density at radius 2 is 2.07 bits per heavy atom. The number of oxime groups is 1. The molecule has 0 spiro atoms. The smallest absolute Gasteiger partial charge is 0.269 e. The molecule has 0 radical (unpaired) electrons. The number of aromatic nitrogens is 2. The lowest BCUT2D eigenvalue weighted by Crippen LogP contribution is -2.28. The van der Waals surface area contributed by atoms with Gasteiger partial charge in [0.1, 0.15) is 0 Å². The van der Waals surface area contributed by atoms with Crippen molar-refractivity contribution in [3.05, 3.63) is 78.8 Å². The van der Waals surface area contributed by atoms with Gasteiger partial charge in [0.05, 0.1) is 16.7 Å². The van der Waals surface area contributed by atoms with E-state index in [9.17, 15) is 4.79 Å². The van der Waals surface area contributed by atoms with Gasteiger partial charge in [-0.3, -0.25) is 9.48 Å². The fourth-order valence-electron chi connectivity index (χ4n) is 2.94. The van der Waals surface area contributed by atoms with Crippen LogP contribution in [0.25, 0.3) is 0 Å². The summed E-state index contributed by atoms with van der Waals surface area (Å²) in [5.74, 6) is 0.0730. The van der Waals surface area contributed by atoms with Crippen LogP contribution in [-0.2, 0) is 16.2 Å². The summed E-state index contributed by atoms with van der Waals surface area (Å²) >= 11 is 19.0. The maximum Gasteiger partial charge on any atom is 0.269 e. The topological polar surface area (TPSA) is 68.5 Å². The van der Waals surface area contributed by atoms with Gasteiger partial charge in [0.2, 0.25) is 6.10 Å². The first-order chi connectivity index (χ1) is 14.4. The Hall–Kier alpha value is -1.87. The zero-order valence-electron chi connectivity index (χ0n) is 15.3. The minimum Gasteiger partial charge on any atom is -0.382 e. The SMILES string of the molecule is O=C(Nc1nn(Cc2ccc(Cl)cc2Cl)cc1Br)C1CC(c2cccc(Br)c2)=NO1. The van der Waals surface area contributed by atoms with E-state index in [4.69, 9.17) is 28.0 Å². The Bertz CT molecular complexity index is 1150. The summed E-state index contributed by atoms with van der Waals surface area (Å²) in [6, 6.07) is 13.0. The lowest BCUT2D eigenvalue weighted by molar-refractivity contribution is -0.125. The highest BCUT2D eigenvalue weighted by Crippen LogP contribution is 2.26. The number of rotatable bonds is 5. The van der Waals surface area contributed by atoms with E-state index in [1.54, 1.807) is 23.0 Å². The number of hydrogen-bond donors (Lipinski definition) is 1. The molecule has 30 heavy (non-hydrogen) atoms. The van der Waals surface area contributed by atoms with Crippen molar-refractivity contribution in [2.45, 2.75) is 19.1 Å².